The van der Waals surface area contributed by atoms with Crippen molar-refractivity contribution in [3.8, 4) is 23.2 Å². The quantitative estimate of drug-likeness (QED) is 0.503. The first-order valence-electron chi connectivity index (χ1n) is 7.82. The van der Waals surface area contributed by atoms with Crippen molar-refractivity contribution in [2.75, 3.05) is 13.7 Å². The van der Waals surface area contributed by atoms with E-state index in [1.54, 1.807) is 7.11 Å². The van der Waals surface area contributed by atoms with Gasteiger partial charge >= 0.3 is 6.01 Å². The highest BCUT2D eigenvalue weighted by molar-refractivity contribution is 5.44. The molecule has 0 spiro atoms. The third-order valence-corrected chi connectivity index (χ3v) is 3.49. The molecule has 128 valence electrons. The second kappa shape index (κ2) is 8.07. The minimum Gasteiger partial charge on any atom is -0.493 e. The Bertz CT molecular complexity index is 832. The highest BCUT2D eigenvalue weighted by Crippen LogP contribution is 2.31. The number of rotatable bonds is 8. The molecule has 1 heterocycles. The average Bonchev–Trinajstić information content (AvgIpc) is 3.12. The number of aromatic nitrogens is 4. The maximum Gasteiger partial charge on any atom is 0.346 e. The van der Waals surface area contributed by atoms with E-state index in [9.17, 15) is 0 Å². The van der Waals surface area contributed by atoms with Gasteiger partial charge in [-0.1, -0.05) is 35.4 Å². The summed E-state index contributed by atoms with van der Waals surface area (Å²) >= 11 is 0. The summed E-state index contributed by atoms with van der Waals surface area (Å²) in [6.07, 6.45) is 1.82. The van der Waals surface area contributed by atoms with Crippen molar-refractivity contribution >= 4 is 0 Å². The van der Waals surface area contributed by atoms with Crippen LogP contribution in [0.2, 0.25) is 0 Å². The largest absolute Gasteiger partial charge is 0.493 e. The van der Waals surface area contributed by atoms with Crippen LogP contribution in [0.4, 0.5) is 0 Å². The van der Waals surface area contributed by atoms with Crippen molar-refractivity contribution in [1.82, 2.24) is 25.5 Å². The highest BCUT2D eigenvalue weighted by Gasteiger charge is 2.14. The van der Waals surface area contributed by atoms with Gasteiger partial charge in [-0.2, -0.15) is 4.68 Å². The van der Waals surface area contributed by atoms with E-state index in [-0.39, 0.29) is 6.01 Å². The molecule has 0 saturated heterocycles. The predicted molar refractivity (Wildman–Crippen MR) is 94.1 cm³/mol. The lowest BCUT2D eigenvalue weighted by atomic mass is 10.2. The summed E-state index contributed by atoms with van der Waals surface area (Å²) in [5.41, 5.74) is 1.89. The Morgan fingerprint density at radius 2 is 2.00 bits per heavy atom. The Morgan fingerprint density at radius 1 is 1.16 bits per heavy atom. The van der Waals surface area contributed by atoms with Crippen LogP contribution in [0, 0.1) is 0 Å². The maximum absolute atomic E-state index is 5.87. The van der Waals surface area contributed by atoms with Crippen molar-refractivity contribution < 1.29 is 9.47 Å². The standard InChI is InChI=1S/C18H19N5O2/c1-3-11-19-13-14-9-10-16(17(12-14)24-2)25-18-20-21-22-23(18)15-7-5-4-6-8-15/h3-10,12,19H,1,11,13H2,2H3. The maximum atomic E-state index is 5.87. The molecule has 0 aliphatic carbocycles. The molecule has 0 fully saturated rings. The lowest BCUT2D eigenvalue weighted by molar-refractivity contribution is 0.362. The normalized spacial score (nSPS) is 10.4. The number of nitrogens with one attached hydrogen (secondary N) is 1. The molecule has 0 atom stereocenters. The minimum absolute atomic E-state index is 0.266. The molecular formula is C18H19N5O2. The van der Waals surface area contributed by atoms with E-state index in [2.05, 4.69) is 27.4 Å². The molecular weight excluding hydrogens is 318 g/mol. The number of nitrogens with zero attached hydrogens (tertiary/aromatic N) is 4. The molecule has 0 aliphatic heterocycles. The molecule has 25 heavy (non-hydrogen) atoms. The van der Waals surface area contributed by atoms with Crippen LogP contribution < -0.4 is 14.8 Å². The first-order valence-corrected chi connectivity index (χ1v) is 7.82. The Labute approximate surface area is 145 Å². The van der Waals surface area contributed by atoms with Gasteiger partial charge in [0, 0.05) is 13.1 Å². The molecule has 0 amide bonds. The van der Waals surface area contributed by atoms with Gasteiger partial charge in [0.05, 0.1) is 12.8 Å². The van der Waals surface area contributed by atoms with Gasteiger partial charge in [0.2, 0.25) is 0 Å². The Hall–Kier alpha value is -3.19. The molecule has 0 radical (unpaired) electrons. The average molecular weight is 337 g/mol. The SMILES string of the molecule is C=CCNCc1ccc(Oc2nnnn2-c2ccccc2)c(OC)c1. The van der Waals surface area contributed by atoms with E-state index in [0.29, 0.717) is 18.0 Å². The second-order valence-electron chi connectivity index (χ2n) is 5.22. The van der Waals surface area contributed by atoms with Crippen molar-refractivity contribution in [3.63, 3.8) is 0 Å². The molecule has 3 aromatic rings. The fourth-order valence-electron chi connectivity index (χ4n) is 2.30. The monoisotopic (exact) mass is 337 g/mol. The van der Waals surface area contributed by atoms with E-state index in [1.165, 1.54) is 4.68 Å². The van der Waals surface area contributed by atoms with Crippen LogP contribution >= 0.6 is 0 Å². The molecule has 2 aromatic carbocycles. The van der Waals surface area contributed by atoms with E-state index < -0.39 is 0 Å². The first-order chi connectivity index (χ1) is 12.3. The molecule has 0 saturated carbocycles. The molecule has 0 bridgehead atoms. The summed E-state index contributed by atoms with van der Waals surface area (Å²) in [5.74, 6) is 1.16. The predicted octanol–water partition coefficient (Wildman–Crippen LogP) is 2.74. The van der Waals surface area contributed by atoms with Gasteiger partial charge in [-0.3, -0.25) is 0 Å². The van der Waals surface area contributed by atoms with Gasteiger partial charge in [0.15, 0.2) is 11.5 Å². The summed E-state index contributed by atoms with van der Waals surface area (Å²) in [7, 11) is 1.60. The van der Waals surface area contributed by atoms with Gasteiger partial charge in [0.25, 0.3) is 0 Å². The fourth-order valence-corrected chi connectivity index (χ4v) is 2.30. The minimum atomic E-state index is 0.266. The molecule has 7 nitrogen and oxygen atoms in total. The van der Waals surface area contributed by atoms with Crippen molar-refractivity contribution in [1.29, 1.82) is 0 Å². The summed E-state index contributed by atoms with van der Waals surface area (Å²) in [6, 6.07) is 15.5. The van der Waals surface area contributed by atoms with E-state index in [1.807, 2.05) is 54.6 Å². The van der Waals surface area contributed by atoms with Gasteiger partial charge in [-0.05, 0) is 40.3 Å². The van der Waals surface area contributed by atoms with Gasteiger partial charge in [-0.25, -0.2) is 0 Å². The van der Waals surface area contributed by atoms with E-state index in [4.69, 9.17) is 9.47 Å². The van der Waals surface area contributed by atoms with Gasteiger partial charge in [-0.15, -0.1) is 6.58 Å². The summed E-state index contributed by atoms with van der Waals surface area (Å²) in [4.78, 5) is 0. The van der Waals surface area contributed by atoms with Crippen LogP contribution in [-0.4, -0.2) is 33.9 Å². The number of methoxy groups -OCH3 is 1. The molecule has 7 heteroatoms. The number of hydrogen-bond acceptors (Lipinski definition) is 6. The highest BCUT2D eigenvalue weighted by atomic mass is 16.5. The number of ether oxygens (including phenoxy) is 2. The van der Waals surface area contributed by atoms with E-state index in [0.717, 1.165) is 17.8 Å². The van der Waals surface area contributed by atoms with Crippen LogP contribution in [-0.2, 0) is 6.54 Å². The van der Waals surface area contributed by atoms with Crippen LogP contribution in [0.25, 0.3) is 5.69 Å². The van der Waals surface area contributed by atoms with Crippen LogP contribution in [0.5, 0.6) is 17.5 Å². The number of tetrazole rings is 1. The number of hydrogen-bond donors (Lipinski definition) is 1. The van der Waals surface area contributed by atoms with Gasteiger partial charge in [0.1, 0.15) is 0 Å². The molecule has 1 aromatic heterocycles. The Kier molecular flexibility index (Phi) is 5.38. The zero-order chi connectivity index (χ0) is 17.5. The molecule has 3 rings (SSSR count). The van der Waals surface area contributed by atoms with E-state index >= 15 is 0 Å². The van der Waals surface area contributed by atoms with Crippen LogP contribution in [0.1, 0.15) is 5.56 Å². The second-order valence-corrected chi connectivity index (χ2v) is 5.22. The molecule has 0 aliphatic rings. The topological polar surface area (TPSA) is 74.1 Å². The summed E-state index contributed by atoms with van der Waals surface area (Å²) < 4.78 is 12.8. The van der Waals surface area contributed by atoms with Gasteiger partial charge < -0.3 is 14.8 Å². The zero-order valence-electron chi connectivity index (χ0n) is 13.9. The lowest BCUT2D eigenvalue weighted by Crippen LogP contribution is -2.12. The molecule has 0 unspecified atom stereocenters. The lowest BCUT2D eigenvalue weighted by Gasteiger charge is -2.11. The number of para-hydroxylation sites is 1. The van der Waals surface area contributed by atoms with Crippen molar-refractivity contribution in [2.24, 2.45) is 0 Å². The summed E-state index contributed by atoms with van der Waals surface area (Å²) in [5, 5.41) is 14.9. The number of benzene rings is 2. The first kappa shape index (κ1) is 16.7. The van der Waals surface area contributed by atoms with Crippen LogP contribution in [0.15, 0.2) is 61.2 Å². The third kappa shape index (κ3) is 4.02. The van der Waals surface area contributed by atoms with Crippen molar-refractivity contribution in [3.05, 3.63) is 66.7 Å². The van der Waals surface area contributed by atoms with Crippen LogP contribution in [0.3, 0.4) is 0 Å². The zero-order valence-corrected chi connectivity index (χ0v) is 13.9. The Balaban J connectivity index is 1.82. The smallest absolute Gasteiger partial charge is 0.346 e. The summed E-state index contributed by atoms with van der Waals surface area (Å²) in [6.45, 7) is 5.14. The molecule has 1 N–H and O–H groups in total. The third-order valence-electron chi connectivity index (χ3n) is 3.49. The van der Waals surface area contributed by atoms with Crippen molar-refractivity contribution in [2.45, 2.75) is 6.54 Å². The fraction of sp³-hybridized carbons (Fsp3) is 0.167. The Morgan fingerprint density at radius 3 is 2.76 bits per heavy atom.